The lowest BCUT2D eigenvalue weighted by molar-refractivity contribution is 0.176. The summed E-state index contributed by atoms with van der Waals surface area (Å²) in [6.07, 6.45) is 0.844. The maximum absolute atomic E-state index is 9.88. The highest BCUT2D eigenvalue weighted by Crippen LogP contribution is 2.42. The van der Waals surface area contributed by atoms with Gasteiger partial charge in [0, 0.05) is 5.56 Å². The van der Waals surface area contributed by atoms with Crippen LogP contribution in [-0.4, -0.2) is 15.3 Å². The minimum atomic E-state index is -0.572. The molecule has 1 atom stereocenters. The predicted octanol–water partition coefficient (Wildman–Crippen LogP) is 2.74. The Bertz CT molecular complexity index is 587. The van der Waals surface area contributed by atoms with Crippen molar-refractivity contribution in [3.63, 3.8) is 0 Å². The van der Waals surface area contributed by atoms with E-state index in [1.54, 1.807) is 18.2 Å². The van der Waals surface area contributed by atoms with Crippen LogP contribution in [0.5, 0.6) is 11.5 Å². The molecule has 0 spiro atoms. The van der Waals surface area contributed by atoms with Gasteiger partial charge in [0.15, 0.2) is 0 Å². The van der Waals surface area contributed by atoms with Crippen molar-refractivity contribution in [3.8, 4) is 22.6 Å². The summed E-state index contributed by atoms with van der Waals surface area (Å²) in [6.45, 7) is 0. The quantitative estimate of drug-likeness (QED) is 0.720. The second-order valence-corrected chi connectivity index (χ2v) is 4.63. The minimum Gasteiger partial charge on any atom is -0.508 e. The highest BCUT2D eigenvalue weighted by molar-refractivity contribution is 5.72. The van der Waals surface area contributed by atoms with Crippen LogP contribution in [0.2, 0.25) is 0 Å². The van der Waals surface area contributed by atoms with Gasteiger partial charge >= 0.3 is 0 Å². The van der Waals surface area contributed by atoms with E-state index in [2.05, 4.69) is 0 Å². The number of hydrogen-bond donors (Lipinski definition) is 3. The monoisotopic (exact) mass is 242 g/mol. The molecule has 1 aliphatic carbocycles. The first-order valence-corrected chi connectivity index (χ1v) is 5.99. The molecule has 2 aromatic carbocycles. The second-order valence-electron chi connectivity index (χ2n) is 4.63. The van der Waals surface area contributed by atoms with Crippen LogP contribution in [0.25, 0.3) is 11.1 Å². The first-order valence-electron chi connectivity index (χ1n) is 5.99. The van der Waals surface area contributed by atoms with Gasteiger partial charge in [0.25, 0.3) is 0 Å². The van der Waals surface area contributed by atoms with Crippen molar-refractivity contribution in [2.24, 2.45) is 0 Å². The van der Waals surface area contributed by atoms with E-state index >= 15 is 0 Å². The number of fused-ring (bicyclic) bond motifs is 1. The summed E-state index contributed by atoms with van der Waals surface area (Å²) in [5, 5.41) is 29.0. The zero-order chi connectivity index (χ0) is 12.7. The lowest BCUT2D eigenvalue weighted by Crippen LogP contribution is -1.93. The lowest BCUT2D eigenvalue weighted by Gasteiger charge is -2.11. The number of aliphatic hydroxyl groups excluding tert-OH is 1. The molecule has 3 heteroatoms. The average Bonchev–Trinajstić information content (AvgIpc) is 2.75. The number of aromatic hydroxyl groups is 2. The first kappa shape index (κ1) is 11.1. The van der Waals surface area contributed by atoms with E-state index in [4.69, 9.17) is 0 Å². The van der Waals surface area contributed by atoms with Gasteiger partial charge in [-0.15, -0.1) is 0 Å². The molecule has 92 valence electrons. The van der Waals surface area contributed by atoms with Gasteiger partial charge in [-0.1, -0.05) is 18.2 Å². The van der Waals surface area contributed by atoms with Crippen molar-refractivity contribution in [2.45, 2.75) is 18.9 Å². The Morgan fingerprint density at radius 2 is 1.67 bits per heavy atom. The van der Waals surface area contributed by atoms with Crippen LogP contribution in [0, 0.1) is 0 Å². The molecule has 0 heterocycles. The van der Waals surface area contributed by atoms with Crippen molar-refractivity contribution < 1.29 is 15.3 Å². The Labute approximate surface area is 105 Å². The summed E-state index contributed by atoms with van der Waals surface area (Å²) in [5.74, 6) is 0.395. The molecule has 0 amide bonds. The zero-order valence-electron chi connectivity index (χ0n) is 9.80. The Balaban J connectivity index is 2.17. The summed E-state index contributed by atoms with van der Waals surface area (Å²) in [5.41, 5.74) is 3.66. The van der Waals surface area contributed by atoms with Crippen LogP contribution in [0.3, 0.4) is 0 Å². The number of phenols is 2. The highest BCUT2D eigenvalue weighted by atomic mass is 16.3. The fourth-order valence-electron chi connectivity index (χ4n) is 2.63. The second kappa shape index (κ2) is 4.03. The van der Waals surface area contributed by atoms with E-state index in [9.17, 15) is 15.3 Å². The Kier molecular flexibility index (Phi) is 2.49. The first-order chi connectivity index (χ1) is 8.66. The summed E-state index contributed by atoms with van der Waals surface area (Å²) >= 11 is 0. The van der Waals surface area contributed by atoms with Crippen molar-refractivity contribution in [3.05, 3.63) is 47.5 Å². The van der Waals surface area contributed by atoms with E-state index in [1.807, 2.05) is 18.2 Å². The Morgan fingerprint density at radius 3 is 2.39 bits per heavy atom. The fraction of sp³-hybridized carbons (Fsp3) is 0.200. The molecule has 0 saturated carbocycles. The molecule has 3 rings (SSSR count). The van der Waals surface area contributed by atoms with Crippen LogP contribution in [0.15, 0.2) is 36.4 Å². The lowest BCUT2D eigenvalue weighted by atomic mass is 9.96. The standard InChI is InChI=1S/C15H14O3/c16-10-3-1-9(2-4-10)11-5-7-13(17)15-12(11)6-8-14(15)18/h1-5,7,14,16-18H,6,8H2. The summed E-state index contributed by atoms with van der Waals surface area (Å²) < 4.78 is 0. The van der Waals surface area contributed by atoms with E-state index in [-0.39, 0.29) is 11.5 Å². The summed E-state index contributed by atoms with van der Waals surface area (Å²) in [4.78, 5) is 0. The number of phenolic OH excluding ortho intramolecular Hbond substituents is 2. The normalized spacial score (nSPS) is 17.7. The summed E-state index contributed by atoms with van der Waals surface area (Å²) in [7, 11) is 0. The van der Waals surface area contributed by atoms with Crippen molar-refractivity contribution in [1.29, 1.82) is 0 Å². The molecule has 2 aromatic rings. The van der Waals surface area contributed by atoms with Crippen LogP contribution in [0.1, 0.15) is 23.7 Å². The van der Waals surface area contributed by atoms with Crippen LogP contribution < -0.4 is 0 Å². The SMILES string of the molecule is Oc1ccc(-c2ccc(O)c3c2CCC3O)cc1. The average molecular weight is 242 g/mol. The fourth-order valence-corrected chi connectivity index (χ4v) is 2.63. The van der Waals surface area contributed by atoms with Gasteiger partial charge in [-0.25, -0.2) is 0 Å². The molecule has 0 radical (unpaired) electrons. The largest absolute Gasteiger partial charge is 0.508 e. The van der Waals surface area contributed by atoms with Gasteiger partial charge in [0.1, 0.15) is 11.5 Å². The molecule has 3 nitrogen and oxygen atoms in total. The number of benzene rings is 2. The molecule has 0 bridgehead atoms. The predicted molar refractivity (Wildman–Crippen MR) is 68.5 cm³/mol. The molecule has 3 N–H and O–H groups in total. The van der Waals surface area contributed by atoms with Crippen molar-refractivity contribution in [1.82, 2.24) is 0 Å². The molecular formula is C15H14O3. The van der Waals surface area contributed by atoms with Gasteiger partial charge < -0.3 is 15.3 Å². The number of aliphatic hydroxyl groups is 1. The van der Waals surface area contributed by atoms with E-state index in [1.165, 1.54) is 0 Å². The van der Waals surface area contributed by atoms with E-state index in [0.717, 1.165) is 23.1 Å². The minimum absolute atomic E-state index is 0.164. The third kappa shape index (κ3) is 1.64. The van der Waals surface area contributed by atoms with Crippen molar-refractivity contribution >= 4 is 0 Å². The third-order valence-electron chi connectivity index (χ3n) is 3.51. The van der Waals surface area contributed by atoms with Gasteiger partial charge in [0.05, 0.1) is 6.10 Å². The Hall–Kier alpha value is -2.00. The molecule has 18 heavy (non-hydrogen) atoms. The molecule has 0 saturated heterocycles. The van der Waals surface area contributed by atoms with Gasteiger partial charge in [-0.05, 0) is 47.7 Å². The molecule has 0 aliphatic heterocycles. The maximum atomic E-state index is 9.88. The van der Waals surface area contributed by atoms with Gasteiger partial charge in [-0.2, -0.15) is 0 Å². The molecular weight excluding hydrogens is 228 g/mol. The molecule has 1 aliphatic rings. The van der Waals surface area contributed by atoms with Crippen LogP contribution in [-0.2, 0) is 6.42 Å². The van der Waals surface area contributed by atoms with Gasteiger partial charge in [0.2, 0.25) is 0 Å². The smallest absolute Gasteiger partial charge is 0.121 e. The van der Waals surface area contributed by atoms with Crippen LogP contribution in [0.4, 0.5) is 0 Å². The Morgan fingerprint density at radius 1 is 0.944 bits per heavy atom. The molecule has 0 aromatic heterocycles. The van der Waals surface area contributed by atoms with Gasteiger partial charge in [-0.3, -0.25) is 0 Å². The number of hydrogen-bond acceptors (Lipinski definition) is 3. The molecule has 0 fully saturated rings. The van der Waals surface area contributed by atoms with E-state index < -0.39 is 6.10 Å². The summed E-state index contributed by atoms with van der Waals surface area (Å²) in [6, 6.07) is 10.4. The topological polar surface area (TPSA) is 60.7 Å². The maximum Gasteiger partial charge on any atom is 0.121 e. The van der Waals surface area contributed by atoms with Crippen LogP contribution >= 0.6 is 0 Å². The third-order valence-corrected chi connectivity index (χ3v) is 3.51. The highest BCUT2D eigenvalue weighted by Gasteiger charge is 2.26. The van der Waals surface area contributed by atoms with Crippen molar-refractivity contribution in [2.75, 3.05) is 0 Å². The van der Waals surface area contributed by atoms with E-state index in [0.29, 0.717) is 12.0 Å². The number of rotatable bonds is 1. The zero-order valence-corrected chi connectivity index (χ0v) is 9.80. The molecule has 1 unspecified atom stereocenters.